The van der Waals surface area contributed by atoms with Crippen molar-refractivity contribution in [1.29, 1.82) is 0 Å². The van der Waals surface area contributed by atoms with Gasteiger partial charge in [0.1, 0.15) is 29.1 Å². The molecule has 1 amide bonds. The molecule has 0 radical (unpaired) electrons. The SMILES string of the molecule is CCOc1cccc(CN2C(=O)C(=O)/C(=C(\O)c3cc(OCC)ccc3Cl)C2c2ccco2)c1. The minimum atomic E-state index is -0.933. The summed E-state index contributed by atoms with van der Waals surface area (Å²) in [6, 6.07) is 14.4. The van der Waals surface area contributed by atoms with Gasteiger partial charge in [0.05, 0.1) is 30.1 Å². The fourth-order valence-electron chi connectivity index (χ4n) is 3.97. The second kappa shape index (κ2) is 10.1. The van der Waals surface area contributed by atoms with E-state index in [1.807, 2.05) is 38.1 Å². The van der Waals surface area contributed by atoms with E-state index >= 15 is 0 Å². The highest BCUT2D eigenvalue weighted by atomic mass is 35.5. The van der Waals surface area contributed by atoms with Gasteiger partial charge in [-0.05, 0) is 61.9 Å². The first-order valence-corrected chi connectivity index (χ1v) is 11.3. The maximum atomic E-state index is 13.2. The number of hydrogen-bond acceptors (Lipinski definition) is 6. The van der Waals surface area contributed by atoms with Crippen molar-refractivity contribution < 1.29 is 28.6 Å². The molecule has 2 heterocycles. The number of ether oxygens (including phenoxy) is 2. The minimum absolute atomic E-state index is 0.100. The largest absolute Gasteiger partial charge is 0.507 e. The van der Waals surface area contributed by atoms with Gasteiger partial charge in [-0.25, -0.2) is 0 Å². The van der Waals surface area contributed by atoms with Gasteiger partial charge in [0.15, 0.2) is 0 Å². The van der Waals surface area contributed by atoms with Gasteiger partial charge >= 0.3 is 0 Å². The van der Waals surface area contributed by atoms with Crippen molar-refractivity contribution in [3.05, 3.63) is 88.3 Å². The molecule has 2 aromatic carbocycles. The third kappa shape index (κ3) is 4.52. The van der Waals surface area contributed by atoms with Gasteiger partial charge in [-0.2, -0.15) is 0 Å². The van der Waals surface area contributed by atoms with Crippen LogP contribution < -0.4 is 9.47 Å². The van der Waals surface area contributed by atoms with Gasteiger partial charge in [0, 0.05) is 12.1 Å². The lowest BCUT2D eigenvalue weighted by molar-refractivity contribution is -0.140. The number of amides is 1. The van der Waals surface area contributed by atoms with E-state index in [0.29, 0.717) is 30.5 Å². The summed E-state index contributed by atoms with van der Waals surface area (Å²) in [5.41, 5.74) is 0.859. The number of hydrogen-bond donors (Lipinski definition) is 1. The number of nitrogens with zero attached hydrogens (tertiary/aromatic N) is 1. The lowest BCUT2D eigenvalue weighted by Crippen LogP contribution is -2.29. The predicted molar refractivity (Wildman–Crippen MR) is 127 cm³/mol. The molecule has 0 saturated carbocycles. The molecule has 0 bridgehead atoms. The Morgan fingerprint density at radius 3 is 2.44 bits per heavy atom. The number of likely N-dealkylation sites (tertiary alicyclic amines) is 1. The van der Waals surface area contributed by atoms with Crippen molar-refractivity contribution in [2.24, 2.45) is 0 Å². The molecule has 3 aromatic rings. The lowest BCUT2D eigenvalue weighted by Gasteiger charge is -2.23. The van der Waals surface area contributed by atoms with Crippen LogP contribution in [0.15, 0.2) is 70.9 Å². The van der Waals surface area contributed by atoms with E-state index < -0.39 is 23.5 Å². The van der Waals surface area contributed by atoms with Crippen LogP contribution in [-0.4, -0.2) is 34.9 Å². The van der Waals surface area contributed by atoms with Crippen LogP contribution >= 0.6 is 11.6 Å². The van der Waals surface area contributed by atoms with E-state index in [-0.39, 0.29) is 22.7 Å². The summed E-state index contributed by atoms with van der Waals surface area (Å²) >= 11 is 6.34. The normalized spacial score (nSPS) is 17.3. The van der Waals surface area contributed by atoms with E-state index in [2.05, 4.69) is 0 Å². The van der Waals surface area contributed by atoms with E-state index in [9.17, 15) is 14.7 Å². The molecule has 1 saturated heterocycles. The Labute approximate surface area is 202 Å². The van der Waals surface area contributed by atoms with Gasteiger partial charge in [-0.1, -0.05) is 23.7 Å². The number of ketones is 1. The standard InChI is InChI=1S/C26H24ClNO6/c1-3-32-17-8-5-7-16(13-17)15-28-23(21-9-6-12-34-21)22(25(30)26(28)31)24(29)19-14-18(33-4-2)10-11-20(19)27/h5-14,23,29H,3-4,15H2,1-2H3/b24-22-. The Balaban J connectivity index is 1.81. The smallest absolute Gasteiger partial charge is 0.296 e. The average Bonchev–Trinajstić information content (AvgIpc) is 3.43. The van der Waals surface area contributed by atoms with Gasteiger partial charge in [-0.15, -0.1) is 0 Å². The molecular formula is C26H24ClNO6. The van der Waals surface area contributed by atoms with E-state index in [4.69, 9.17) is 25.5 Å². The van der Waals surface area contributed by atoms with Gasteiger partial charge in [0.25, 0.3) is 11.7 Å². The average molecular weight is 482 g/mol. The molecule has 1 aromatic heterocycles. The molecule has 4 rings (SSSR count). The highest BCUT2D eigenvalue weighted by molar-refractivity contribution is 6.46. The Morgan fingerprint density at radius 1 is 1.03 bits per heavy atom. The molecule has 34 heavy (non-hydrogen) atoms. The number of rotatable bonds is 8. The molecule has 1 fully saturated rings. The van der Waals surface area contributed by atoms with Crippen molar-refractivity contribution in [2.75, 3.05) is 13.2 Å². The fraction of sp³-hybridized carbons (Fsp3) is 0.231. The van der Waals surface area contributed by atoms with Crippen molar-refractivity contribution in [1.82, 2.24) is 4.90 Å². The molecule has 176 valence electrons. The summed E-state index contributed by atoms with van der Waals surface area (Å²) < 4.78 is 16.6. The maximum Gasteiger partial charge on any atom is 0.296 e. The summed E-state index contributed by atoms with van der Waals surface area (Å²) in [6.45, 7) is 4.74. The van der Waals surface area contributed by atoms with Crippen molar-refractivity contribution in [2.45, 2.75) is 26.4 Å². The number of halogens is 1. The minimum Gasteiger partial charge on any atom is -0.507 e. The molecule has 1 atom stereocenters. The molecular weight excluding hydrogens is 458 g/mol. The second-order valence-corrected chi connectivity index (χ2v) is 8.00. The molecule has 0 aliphatic carbocycles. The Hall–Kier alpha value is -3.71. The summed E-state index contributed by atoms with van der Waals surface area (Å²) in [6.07, 6.45) is 1.45. The number of carbonyl (C=O) groups excluding carboxylic acids is 2. The topological polar surface area (TPSA) is 89.2 Å². The molecule has 1 N–H and O–H groups in total. The van der Waals surface area contributed by atoms with E-state index in [1.54, 1.807) is 30.3 Å². The highest BCUT2D eigenvalue weighted by Crippen LogP contribution is 2.42. The van der Waals surface area contributed by atoms with Crippen LogP contribution in [-0.2, 0) is 16.1 Å². The first-order valence-electron chi connectivity index (χ1n) is 10.9. The molecule has 8 heteroatoms. The Morgan fingerprint density at radius 2 is 1.76 bits per heavy atom. The van der Waals surface area contributed by atoms with Crippen LogP contribution in [0.2, 0.25) is 5.02 Å². The van der Waals surface area contributed by atoms with Crippen LogP contribution in [0.25, 0.3) is 5.76 Å². The van der Waals surface area contributed by atoms with Crippen molar-refractivity contribution in [3.63, 3.8) is 0 Å². The van der Waals surface area contributed by atoms with E-state index in [0.717, 1.165) is 5.56 Å². The predicted octanol–water partition coefficient (Wildman–Crippen LogP) is 5.35. The van der Waals surface area contributed by atoms with Crippen molar-refractivity contribution >= 4 is 29.1 Å². The lowest BCUT2D eigenvalue weighted by atomic mass is 9.99. The number of benzene rings is 2. The zero-order valence-electron chi connectivity index (χ0n) is 18.8. The maximum absolute atomic E-state index is 13.2. The third-order valence-corrected chi connectivity index (χ3v) is 5.75. The zero-order chi connectivity index (χ0) is 24.2. The quantitative estimate of drug-likeness (QED) is 0.265. The Kier molecular flexibility index (Phi) is 6.93. The summed E-state index contributed by atoms with van der Waals surface area (Å²) in [4.78, 5) is 27.7. The van der Waals surface area contributed by atoms with Crippen LogP contribution in [0.5, 0.6) is 11.5 Å². The summed E-state index contributed by atoms with van der Waals surface area (Å²) in [5.74, 6) is -0.481. The van der Waals surface area contributed by atoms with E-state index in [1.165, 1.54) is 11.2 Å². The monoisotopic (exact) mass is 481 g/mol. The van der Waals surface area contributed by atoms with Gasteiger partial charge in [-0.3, -0.25) is 9.59 Å². The first kappa shape index (κ1) is 23.4. The zero-order valence-corrected chi connectivity index (χ0v) is 19.5. The molecule has 1 unspecified atom stereocenters. The van der Waals surface area contributed by atoms with Crippen LogP contribution in [0, 0.1) is 0 Å². The second-order valence-electron chi connectivity index (χ2n) is 7.60. The number of aliphatic hydroxyl groups excluding tert-OH is 1. The van der Waals surface area contributed by atoms with Gasteiger partial charge in [0.2, 0.25) is 0 Å². The summed E-state index contributed by atoms with van der Waals surface area (Å²) in [7, 11) is 0. The van der Waals surface area contributed by atoms with Gasteiger partial charge < -0.3 is 23.9 Å². The van der Waals surface area contributed by atoms with Crippen LogP contribution in [0.1, 0.15) is 36.8 Å². The molecule has 7 nitrogen and oxygen atoms in total. The van der Waals surface area contributed by atoms with Crippen LogP contribution in [0.3, 0.4) is 0 Å². The molecule has 1 aliphatic heterocycles. The number of carbonyl (C=O) groups is 2. The number of furan rings is 1. The molecule has 1 aliphatic rings. The van der Waals surface area contributed by atoms with Crippen molar-refractivity contribution in [3.8, 4) is 11.5 Å². The first-order chi connectivity index (χ1) is 16.4. The Bertz CT molecular complexity index is 1230. The fourth-order valence-corrected chi connectivity index (χ4v) is 4.18. The highest BCUT2D eigenvalue weighted by Gasteiger charge is 2.47. The third-order valence-electron chi connectivity index (χ3n) is 5.42. The summed E-state index contributed by atoms with van der Waals surface area (Å²) in [5, 5.41) is 11.4. The number of Topliss-reactive ketones (excluding diaryl/α,β-unsaturated/α-hetero) is 1. The number of aliphatic hydroxyl groups is 1. The molecule has 0 spiro atoms. The van der Waals surface area contributed by atoms with Crippen LogP contribution in [0.4, 0.5) is 0 Å².